The molecule has 2 bridgehead atoms. The van der Waals surface area contributed by atoms with E-state index in [2.05, 4.69) is 4.90 Å². The van der Waals surface area contributed by atoms with Crippen LogP contribution in [0.25, 0.3) is 34.4 Å². The second kappa shape index (κ2) is 12.1. The largest absolute Gasteiger partial charge is 0.504 e. The Morgan fingerprint density at radius 2 is 1.81 bits per heavy atom. The fraction of sp³-hybridized carbons (Fsp3) is 0.294. The zero-order chi connectivity index (χ0) is 29.1. The summed E-state index contributed by atoms with van der Waals surface area (Å²) in [6, 6.07) is 21.5. The Kier molecular flexibility index (Phi) is 7.97. The molecule has 216 valence electrons. The van der Waals surface area contributed by atoms with E-state index in [1.807, 2.05) is 78.9 Å². The molecule has 4 aromatic rings. The summed E-state index contributed by atoms with van der Waals surface area (Å²) in [5.74, 6) is -0.0283. The molecule has 42 heavy (non-hydrogen) atoms. The Hall–Kier alpha value is -4.56. The van der Waals surface area contributed by atoms with Crippen molar-refractivity contribution in [3.05, 3.63) is 101 Å². The first-order chi connectivity index (χ1) is 20.5. The summed E-state index contributed by atoms with van der Waals surface area (Å²) in [4.78, 5) is 29.4. The second-order valence-electron chi connectivity index (χ2n) is 11.0. The van der Waals surface area contributed by atoms with E-state index in [1.54, 1.807) is 28.9 Å². The first-order valence-electron chi connectivity index (χ1n) is 14.4. The van der Waals surface area contributed by atoms with Crippen molar-refractivity contribution in [2.75, 3.05) is 31.6 Å². The fourth-order valence-corrected chi connectivity index (χ4v) is 6.33. The number of piperidine rings is 3. The second-order valence-corrected chi connectivity index (χ2v) is 11.0. The van der Waals surface area contributed by atoms with Crippen molar-refractivity contribution in [1.82, 2.24) is 9.47 Å². The number of aryl methyl sites for hydroxylation is 1. The number of benzene rings is 3. The molecule has 3 fully saturated rings. The Morgan fingerprint density at radius 3 is 2.52 bits per heavy atom. The third kappa shape index (κ3) is 5.63. The van der Waals surface area contributed by atoms with Gasteiger partial charge in [-0.25, -0.2) is 9.59 Å². The average Bonchev–Trinajstić information content (AvgIpc) is 3.33. The maximum absolute atomic E-state index is 12.8. The standard InChI is InChI=1S/C34H35N3O5/c1-41-20-16-25-11-13-29-32(22-25)42-34(40)36(29)17-6-5-7-24-10-12-28(26-8-3-2-4-9-26)30(21-24)37(33(38)39)31-23-35-18-14-27(31)15-19-35/h2-5,7-13,16,20-22,27,31H,6,14-15,17-19,23H2,1H3,(H,38,39). The van der Waals surface area contributed by atoms with E-state index < -0.39 is 11.8 Å². The van der Waals surface area contributed by atoms with Crippen LogP contribution in [-0.2, 0) is 11.3 Å². The van der Waals surface area contributed by atoms with E-state index in [0.29, 0.717) is 30.2 Å². The summed E-state index contributed by atoms with van der Waals surface area (Å²) in [6.45, 7) is 3.32. The van der Waals surface area contributed by atoms with Gasteiger partial charge < -0.3 is 19.2 Å². The van der Waals surface area contributed by atoms with Crippen LogP contribution in [0, 0.1) is 5.92 Å². The highest BCUT2D eigenvalue weighted by Crippen LogP contribution is 2.39. The first kappa shape index (κ1) is 27.6. The number of carboxylic acid groups (broad SMARTS) is 1. The number of carbonyl (C=O) groups is 1. The Bertz CT molecular complexity index is 1680. The van der Waals surface area contributed by atoms with E-state index in [-0.39, 0.29) is 6.04 Å². The average molecular weight is 566 g/mol. The van der Waals surface area contributed by atoms with E-state index in [4.69, 9.17) is 9.15 Å². The van der Waals surface area contributed by atoms with E-state index in [1.165, 1.54) is 0 Å². The third-order valence-corrected chi connectivity index (χ3v) is 8.44. The molecule has 1 atom stereocenters. The van der Waals surface area contributed by atoms with Crippen molar-refractivity contribution in [1.29, 1.82) is 0 Å². The first-order valence-corrected chi connectivity index (χ1v) is 14.4. The number of aromatic nitrogens is 1. The number of ether oxygens (including phenoxy) is 1. The molecule has 3 aromatic carbocycles. The van der Waals surface area contributed by atoms with Crippen molar-refractivity contribution < 1.29 is 19.1 Å². The minimum absolute atomic E-state index is 0.0709. The number of fused-ring (bicyclic) bond motifs is 4. The summed E-state index contributed by atoms with van der Waals surface area (Å²) >= 11 is 0. The van der Waals surface area contributed by atoms with Gasteiger partial charge in [-0.15, -0.1) is 0 Å². The van der Waals surface area contributed by atoms with Crippen LogP contribution in [0.4, 0.5) is 10.5 Å². The predicted molar refractivity (Wildman–Crippen MR) is 166 cm³/mol. The van der Waals surface area contributed by atoms with E-state index in [9.17, 15) is 14.7 Å². The topological polar surface area (TPSA) is 88.2 Å². The SMILES string of the molecule is COC=Cc1ccc2c(c1)oc(=O)n2CCC=Cc1ccc(-c2ccccc2)c(N(C(=O)O)C2CN3CCC2CC3)c1. The molecule has 0 saturated carbocycles. The van der Waals surface area contributed by atoms with Crippen molar-refractivity contribution >= 4 is 35.0 Å². The van der Waals surface area contributed by atoms with Crippen LogP contribution < -0.4 is 10.7 Å². The van der Waals surface area contributed by atoms with Gasteiger partial charge in [-0.2, -0.15) is 0 Å². The van der Waals surface area contributed by atoms with Gasteiger partial charge >= 0.3 is 11.8 Å². The molecule has 0 radical (unpaired) electrons. The molecule has 0 spiro atoms. The highest BCUT2D eigenvalue weighted by molar-refractivity contribution is 5.94. The summed E-state index contributed by atoms with van der Waals surface area (Å²) in [7, 11) is 1.58. The van der Waals surface area contributed by atoms with E-state index in [0.717, 1.165) is 60.2 Å². The number of nitrogens with zero attached hydrogens (tertiary/aromatic N) is 3. The molecule has 0 aliphatic carbocycles. The zero-order valence-electron chi connectivity index (χ0n) is 23.7. The van der Waals surface area contributed by atoms with Crippen molar-refractivity contribution in [2.24, 2.45) is 5.92 Å². The molecule has 3 aliphatic heterocycles. The molecular weight excluding hydrogens is 530 g/mol. The van der Waals surface area contributed by atoms with Crippen molar-refractivity contribution in [3.63, 3.8) is 0 Å². The van der Waals surface area contributed by atoms with Gasteiger partial charge in [0.1, 0.15) is 0 Å². The summed E-state index contributed by atoms with van der Waals surface area (Å²) in [6.07, 6.45) is 9.14. The molecule has 4 heterocycles. The zero-order valence-corrected chi connectivity index (χ0v) is 23.7. The number of oxazole rings is 1. The number of allylic oxidation sites excluding steroid dienone is 1. The third-order valence-electron chi connectivity index (χ3n) is 8.44. The van der Waals surface area contributed by atoms with Crippen LogP contribution in [-0.4, -0.2) is 53.5 Å². The lowest BCUT2D eigenvalue weighted by Crippen LogP contribution is -2.59. The highest BCUT2D eigenvalue weighted by atomic mass is 16.5. The molecule has 7 rings (SSSR count). The minimum atomic E-state index is -0.917. The lowest BCUT2D eigenvalue weighted by molar-refractivity contribution is 0.0838. The number of anilines is 1. The predicted octanol–water partition coefficient (Wildman–Crippen LogP) is 6.56. The maximum atomic E-state index is 12.8. The fourth-order valence-electron chi connectivity index (χ4n) is 6.33. The smallest absolute Gasteiger partial charge is 0.419 e. The number of methoxy groups -OCH3 is 1. The highest BCUT2D eigenvalue weighted by Gasteiger charge is 2.40. The van der Waals surface area contributed by atoms with Crippen LogP contribution in [0.1, 0.15) is 30.4 Å². The van der Waals surface area contributed by atoms with E-state index >= 15 is 0 Å². The normalized spacial score (nSPS) is 20.1. The van der Waals surface area contributed by atoms with Crippen molar-refractivity contribution in [3.8, 4) is 11.1 Å². The monoisotopic (exact) mass is 565 g/mol. The van der Waals surface area contributed by atoms with Gasteiger partial charge in [0.2, 0.25) is 0 Å². The number of rotatable bonds is 9. The van der Waals surface area contributed by atoms with Crippen LogP contribution in [0.2, 0.25) is 0 Å². The molecular formula is C34H35N3O5. The summed E-state index contributed by atoms with van der Waals surface area (Å²) in [5, 5.41) is 10.5. The molecule has 8 nitrogen and oxygen atoms in total. The lowest BCUT2D eigenvalue weighted by Gasteiger charge is -2.48. The Labute approximate surface area is 244 Å². The van der Waals surface area contributed by atoms with Crippen LogP contribution in [0.5, 0.6) is 0 Å². The Balaban J connectivity index is 1.26. The maximum Gasteiger partial charge on any atom is 0.419 e. The van der Waals surface area contributed by atoms with Gasteiger partial charge in [-0.05, 0) is 79.2 Å². The molecule has 8 heteroatoms. The van der Waals surface area contributed by atoms with Gasteiger partial charge in [0.25, 0.3) is 0 Å². The molecule has 1 aromatic heterocycles. The molecule has 3 aliphatic rings. The van der Waals surface area contributed by atoms with Gasteiger partial charge in [0.05, 0.1) is 30.6 Å². The van der Waals surface area contributed by atoms with Gasteiger partial charge in [-0.3, -0.25) is 9.47 Å². The molecule has 1 unspecified atom stereocenters. The minimum Gasteiger partial charge on any atom is -0.504 e. The van der Waals surface area contributed by atoms with Crippen LogP contribution in [0.3, 0.4) is 0 Å². The van der Waals surface area contributed by atoms with Gasteiger partial charge in [0, 0.05) is 18.7 Å². The lowest BCUT2D eigenvalue weighted by atomic mass is 9.82. The Morgan fingerprint density at radius 1 is 1.05 bits per heavy atom. The summed E-state index contributed by atoms with van der Waals surface area (Å²) in [5.41, 5.74) is 5.68. The summed E-state index contributed by atoms with van der Waals surface area (Å²) < 4.78 is 12.1. The molecule has 1 amide bonds. The van der Waals surface area contributed by atoms with Gasteiger partial charge in [-0.1, -0.05) is 60.7 Å². The van der Waals surface area contributed by atoms with Gasteiger partial charge in [0.15, 0.2) is 5.58 Å². The molecule has 1 N–H and O–H groups in total. The van der Waals surface area contributed by atoms with Crippen LogP contribution >= 0.6 is 0 Å². The number of hydrogen-bond acceptors (Lipinski definition) is 5. The quantitative estimate of drug-likeness (QED) is 0.231. The number of amides is 1. The van der Waals surface area contributed by atoms with Crippen molar-refractivity contribution in [2.45, 2.75) is 31.8 Å². The number of hydrogen-bond donors (Lipinski definition) is 1. The van der Waals surface area contributed by atoms with Crippen LogP contribution in [0.15, 0.2) is 88.3 Å². The molecule has 3 saturated heterocycles.